The van der Waals surface area contributed by atoms with Crippen molar-refractivity contribution in [1.82, 2.24) is 4.72 Å². The van der Waals surface area contributed by atoms with Gasteiger partial charge in [0.15, 0.2) is 0 Å². The molecule has 0 aliphatic carbocycles. The minimum Gasteiger partial charge on any atom is -0.274 e. The number of rotatable bonds is 5. The van der Waals surface area contributed by atoms with Crippen LogP contribution in [0.15, 0.2) is 46.7 Å². The highest BCUT2D eigenvalue weighted by Crippen LogP contribution is 2.20. The van der Waals surface area contributed by atoms with Crippen LogP contribution in [-0.2, 0) is 14.8 Å². The van der Waals surface area contributed by atoms with E-state index >= 15 is 0 Å². The predicted molar refractivity (Wildman–Crippen MR) is 84.4 cm³/mol. The molecule has 1 N–H and O–H groups in total. The van der Waals surface area contributed by atoms with Crippen LogP contribution in [0, 0.1) is 12.7 Å². The third-order valence-corrected chi connectivity index (χ3v) is 5.58. The molecule has 0 atom stereocenters. The molecular weight excluding hydrogens is 325 g/mol. The third kappa shape index (κ3) is 4.51. The first-order valence-corrected chi connectivity index (χ1v) is 8.71. The maximum Gasteiger partial charge on any atom is 0.273 e. The van der Waals surface area contributed by atoms with E-state index in [2.05, 4.69) is 0 Å². The van der Waals surface area contributed by atoms with Gasteiger partial charge in [0.05, 0.1) is 0 Å². The molecule has 116 valence electrons. The van der Waals surface area contributed by atoms with Crippen LogP contribution in [0.4, 0.5) is 4.39 Å². The summed E-state index contributed by atoms with van der Waals surface area (Å²) in [6.07, 6.45) is 3.07. The van der Waals surface area contributed by atoms with Crippen LogP contribution in [0.5, 0.6) is 0 Å². The van der Waals surface area contributed by atoms with Crippen molar-refractivity contribution in [2.75, 3.05) is 0 Å². The summed E-state index contributed by atoms with van der Waals surface area (Å²) in [7, 11) is -3.80. The zero-order chi connectivity index (χ0) is 16.2. The maximum atomic E-state index is 12.7. The van der Waals surface area contributed by atoms with E-state index in [1.165, 1.54) is 24.3 Å². The molecule has 1 aromatic carbocycles. The average Bonchev–Trinajstić information content (AvgIpc) is 2.88. The minimum absolute atomic E-state index is 0.0824. The van der Waals surface area contributed by atoms with E-state index in [9.17, 15) is 17.6 Å². The molecule has 0 saturated heterocycles. The zero-order valence-electron chi connectivity index (χ0n) is 11.7. The number of hydrogen-bond donors (Lipinski definition) is 1. The van der Waals surface area contributed by atoms with Gasteiger partial charge in [-0.15, -0.1) is 11.3 Å². The number of thiophene rings is 1. The van der Waals surface area contributed by atoms with Gasteiger partial charge < -0.3 is 0 Å². The standard InChI is InChI=1S/C15H14FNO3S2/c1-11-5-10-15(21-11)22(19,20)17-14(18)4-2-3-12-6-8-13(16)9-7-12/h2-3,5-10H,4H2,1H3,(H,17,18). The van der Waals surface area contributed by atoms with Gasteiger partial charge >= 0.3 is 0 Å². The second kappa shape index (κ2) is 6.85. The summed E-state index contributed by atoms with van der Waals surface area (Å²) in [6, 6.07) is 8.89. The van der Waals surface area contributed by atoms with Crippen molar-refractivity contribution in [1.29, 1.82) is 0 Å². The van der Waals surface area contributed by atoms with Crippen LogP contribution < -0.4 is 4.72 Å². The Balaban J connectivity index is 1.94. The van der Waals surface area contributed by atoms with Gasteiger partial charge in [0.1, 0.15) is 10.0 Å². The summed E-state index contributed by atoms with van der Waals surface area (Å²) in [5.41, 5.74) is 0.728. The van der Waals surface area contributed by atoms with Crippen LogP contribution in [0.1, 0.15) is 16.9 Å². The summed E-state index contributed by atoms with van der Waals surface area (Å²) >= 11 is 1.10. The highest BCUT2D eigenvalue weighted by molar-refractivity contribution is 7.92. The molecule has 0 bridgehead atoms. The number of halogens is 1. The summed E-state index contributed by atoms with van der Waals surface area (Å²) < 4.78 is 38.7. The van der Waals surface area contributed by atoms with Crippen molar-refractivity contribution < 1.29 is 17.6 Å². The Morgan fingerprint density at radius 1 is 1.23 bits per heavy atom. The SMILES string of the molecule is Cc1ccc(S(=O)(=O)NC(=O)CC=Cc2ccc(F)cc2)s1. The number of aryl methyl sites for hydroxylation is 1. The lowest BCUT2D eigenvalue weighted by molar-refractivity contribution is -0.118. The molecule has 1 amide bonds. The molecule has 0 saturated carbocycles. The normalized spacial score (nSPS) is 11.7. The minimum atomic E-state index is -3.80. The topological polar surface area (TPSA) is 63.2 Å². The summed E-state index contributed by atoms with van der Waals surface area (Å²) in [5, 5.41) is 0. The summed E-state index contributed by atoms with van der Waals surface area (Å²) in [6.45, 7) is 1.79. The van der Waals surface area contributed by atoms with Gasteiger partial charge in [-0.05, 0) is 36.8 Å². The first-order valence-electron chi connectivity index (χ1n) is 6.41. The van der Waals surface area contributed by atoms with Crippen molar-refractivity contribution >= 4 is 33.3 Å². The monoisotopic (exact) mass is 339 g/mol. The Labute approximate surface area is 132 Å². The van der Waals surface area contributed by atoms with E-state index in [0.29, 0.717) is 0 Å². The van der Waals surface area contributed by atoms with Crippen LogP contribution in [0.3, 0.4) is 0 Å². The largest absolute Gasteiger partial charge is 0.274 e. The van der Waals surface area contributed by atoms with E-state index in [1.54, 1.807) is 31.2 Å². The fourth-order valence-electron chi connectivity index (χ4n) is 1.67. The molecule has 0 aliphatic rings. The highest BCUT2D eigenvalue weighted by Gasteiger charge is 2.18. The van der Waals surface area contributed by atoms with Crippen molar-refractivity contribution in [3.63, 3.8) is 0 Å². The molecule has 4 nitrogen and oxygen atoms in total. The number of nitrogens with one attached hydrogen (secondary N) is 1. The van der Waals surface area contributed by atoms with Gasteiger partial charge in [-0.1, -0.05) is 24.3 Å². The Morgan fingerprint density at radius 2 is 1.91 bits per heavy atom. The molecular formula is C15H14FNO3S2. The number of hydrogen-bond acceptors (Lipinski definition) is 4. The first-order chi connectivity index (χ1) is 10.4. The van der Waals surface area contributed by atoms with Gasteiger partial charge in [-0.3, -0.25) is 4.79 Å². The molecule has 0 unspecified atom stereocenters. The van der Waals surface area contributed by atoms with Crippen molar-refractivity contribution in [3.8, 4) is 0 Å². The molecule has 2 aromatic rings. The number of sulfonamides is 1. The molecule has 7 heteroatoms. The van der Waals surface area contributed by atoms with E-state index in [1.807, 2.05) is 4.72 Å². The average molecular weight is 339 g/mol. The van der Waals surface area contributed by atoms with E-state index in [4.69, 9.17) is 0 Å². The second-order valence-electron chi connectivity index (χ2n) is 4.55. The van der Waals surface area contributed by atoms with Crippen LogP contribution in [0.2, 0.25) is 0 Å². The first kappa shape index (κ1) is 16.4. The number of carbonyl (C=O) groups excluding carboxylic acids is 1. The van der Waals surface area contributed by atoms with Crippen LogP contribution in [-0.4, -0.2) is 14.3 Å². The lowest BCUT2D eigenvalue weighted by Crippen LogP contribution is -2.29. The molecule has 0 fully saturated rings. The molecule has 0 radical (unpaired) electrons. The van der Waals surface area contributed by atoms with Crippen LogP contribution >= 0.6 is 11.3 Å². The van der Waals surface area contributed by atoms with E-state index in [0.717, 1.165) is 21.8 Å². The summed E-state index contributed by atoms with van der Waals surface area (Å²) in [5.74, 6) is -0.961. The molecule has 2 rings (SSSR count). The molecule has 1 aromatic heterocycles. The molecule has 1 heterocycles. The Morgan fingerprint density at radius 3 is 2.50 bits per heavy atom. The van der Waals surface area contributed by atoms with Gasteiger partial charge in [0, 0.05) is 11.3 Å². The Kier molecular flexibility index (Phi) is 5.10. The van der Waals surface area contributed by atoms with Crippen LogP contribution in [0.25, 0.3) is 6.08 Å². The lowest BCUT2D eigenvalue weighted by atomic mass is 10.2. The second-order valence-corrected chi connectivity index (χ2v) is 7.75. The molecule has 22 heavy (non-hydrogen) atoms. The smallest absolute Gasteiger partial charge is 0.273 e. The van der Waals surface area contributed by atoms with Crippen molar-refractivity contribution in [3.05, 3.63) is 58.7 Å². The van der Waals surface area contributed by atoms with Gasteiger partial charge in [-0.25, -0.2) is 17.5 Å². The van der Waals surface area contributed by atoms with Crippen molar-refractivity contribution in [2.24, 2.45) is 0 Å². The summed E-state index contributed by atoms with van der Waals surface area (Å²) in [4.78, 5) is 12.5. The quantitative estimate of drug-likeness (QED) is 0.910. The van der Waals surface area contributed by atoms with Gasteiger partial charge in [0.25, 0.3) is 10.0 Å². The Bertz CT molecular complexity index is 792. The number of benzene rings is 1. The molecule has 0 aliphatic heterocycles. The number of amides is 1. The number of carbonyl (C=O) groups is 1. The highest BCUT2D eigenvalue weighted by atomic mass is 32.2. The van der Waals surface area contributed by atoms with Crippen molar-refractivity contribution in [2.45, 2.75) is 17.6 Å². The van der Waals surface area contributed by atoms with E-state index in [-0.39, 0.29) is 16.4 Å². The van der Waals surface area contributed by atoms with E-state index < -0.39 is 15.9 Å². The van der Waals surface area contributed by atoms with Gasteiger partial charge in [0.2, 0.25) is 5.91 Å². The third-order valence-electron chi connectivity index (χ3n) is 2.71. The maximum absolute atomic E-state index is 12.7. The lowest BCUT2D eigenvalue weighted by Gasteiger charge is -2.02. The molecule has 0 spiro atoms. The van der Waals surface area contributed by atoms with Gasteiger partial charge in [-0.2, -0.15) is 0 Å². The fraction of sp³-hybridized carbons (Fsp3) is 0.133. The predicted octanol–water partition coefficient (Wildman–Crippen LogP) is 3.10. The Hall–Kier alpha value is -1.99. The fourth-order valence-corrected chi connectivity index (χ4v) is 3.95. The zero-order valence-corrected chi connectivity index (χ0v) is 13.4.